The number of nitrogens with one attached hydrogen (secondary N) is 1. The van der Waals surface area contributed by atoms with E-state index in [2.05, 4.69) is 35.8 Å². The van der Waals surface area contributed by atoms with Crippen molar-refractivity contribution in [2.75, 3.05) is 6.54 Å². The van der Waals surface area contributed by atoms with E-state index in [9.17, 15) is 0 Å². The van der Waals surface area contributed by atoms with Crippen molar-refractivity contribution in [1.82, 2.24) is 20.1 Å². The van der Waals surface area contributed by atoms with E-state index in [1.807, 2.05) is 17.1 Å². The quantitative estimate of drug-likeness (QED) is 0.513. The summed E-state index contributed by atoms with van der Waals surface area (Å²) in [6.45, 7) is 10.9. The molecule has 0 unspecified atom stereocenters. The molecule has 1 aromatic heterocycles. The van der Waals surface area contributed by atoms with E-state index < -0.39 is 0 Å². The summed E-state index contributed by atoms with van der Waals surface area (Å²) in [7, 11) is 0. The first-order valence-corrected chi connectivity index (χ1v) is 6.92. The van der Waals surface area contributed by atoms with Gasteiger partial charge in [0.05, 0.1) is 6.54 Å². The van der Waals surface area contributed by atoms with Crippen LogP contribution < -0.4 is 5.32 Å². The Morgan fingerprint density at radius 2 is 2.22 bits per heavy atom. The highest BCUT2D eigenvalue weighted by molar-refractivity contribution is 4.80. The number of rotatable bonds is 10. The second-order valence-corrected chi connectivity index (χ2v) is 5.09. The van der Waals surface area contributed by atoms with E-state index in [1.165, 1.54) is 12.8 Å². The van der Waals surface area contributed by atoms with E-state index in [4.69, 9.17) is 0 Å². The van der Waals surface area contributed by atoms with Crippen LogP contribution in [0.25, 0.3) is 0 Å². The van der Waals surface area contributed by atoms with Crippen LogP contribution in [-0.2, 0) is 13.1 Å². The van der Waals surface area contributed by atoms with Crippen LogP contribution >= 0.6 is 0 Å². The Morgan fingerprint density at radius 3 is 2.94 bits per heavy atom. The van der Waals surface area contributed by atoms with Gasteiger partial charge in [0.2, 0.25) is 0 Å². The molecule has 0 spiro atoms. The van der Waals surface area contributed by atoms with Crippen molar-refractivity contribution in [2.45, 2.75) is 52.6 Å². The lowest BCUT2D eigenvalue weighted by molar-refractivity contribution is 0.523. The molecule has 4 nitrogen and oxygen atoms in total. The second-order valence-electron chi connectivity index (χ2n) is 5.09. The Labute approximate surface area is 110 Å². The molecule has 1 N–H and O–H groups in total. The van der Waals surface area contributed by atoms with Gasteiger partial charge in [-0.15, -0.1) is 6.58 Å². The molecule has 4 heteroatoms. The zero-order valence-electron chi connectivity index (χ0n) is 11.7. The summed E-state index contributed by atoms with van der Waals surface area (Å²) in [6.07, 6.45) is 8.54. The summed E-state index contributed by atoms with van der Waals surface area (Å²) in [5, 5.41) is 7.80. The third-order valence-electron chi connectivity index (χ3n) is 2.72. The molecule has 18 heavy (non-hydrogen) atoms. The molecule has 0 radical (unpaired) electrons. The van der Waals surface area contributed by atoms with Gasteiger partial charge < -0.3 is 5.32 Å². The predicted molar refractivity (Wildman–Crippen MR) is 75.2 cm³/mol. The number of nitrogens with zero attached hydrogens (tertiary/aromatic N) is 3. The van der Waals surface area contributed by atoms with Crippen molar-refractivity contribution in [3.8, 4) is 0 Å². The Hall–Kier alpha value is -1.16. The minimum absolute atomic E-state index is 0.664. The molecule has 1 heterocycles. The van der Waals surface area contributed by atoms with Crippen LogP contribution in [0.1, 0.15) is 45.4 Å². The van der Waals surface area contributed by atoms with Crippen LogP contribution in [0, 0.1) is 5.92 Å². The predicted octanol–water partition coefficient (Wildman–Crippen LogP) is 2.77. The van der Waals surface area contributed by atoms with Gasteiger partial charge in [0.25, 0.3) is 0 Å². The number of aryl methyl sites for hydroxylation is 1. The zero-order chi connectivity index (χ0) is 13.2. The summed E-state index contributed by atoms with van der Waals surface area (Å²) in [6, 6.07) is 0. The molecule has 0 aliphatic heterocycles. The molecule has 0 aliphatic carbocycles. The van der Waals surface area contributed by atoms with Crippen molar-refractivity contribution in [3.63, 3.8) is 0 Å². The van der Waals surface area contributed by atoms with Gasteiger partial charge in [0, 0.05) is 6.54 Å². The average molecular weight is 250 g/mol. The van der Waals surface area contributed by atoms with E-state index >= 15 is 0 Å². The molecule has 0 fully saturated rings. The van der Waals surface area contributed by atoms with Gasteiger partial charge in [-0.2, -0.15) is 5.10 Å². The van der Waals surface area contributed by atoms with Crippen LogP contribution in [0.2, 0.25) is 0 Å². The van der Waals surface area contributed by atoms with Crippen LogP contribution in [0.5, 0.6) is 0 Å². The molecule has 0 saturated heterocycles. The molecular formula is C14H26N4. The standard InChI is InChI=1S/C14H26N4/c1-4-5-6-7-8-9-18-12-16-14(17-18)11-15-10-13(2)3/h4,12-13,15H,1,5-11H2,2-3H3. The fourth-order valence-corrected chi connectivity index (χ4v) is 1.73. The zero-order valence-corrected chi connectivity index (χ0v) is 11.7. The second kappa shape index (κ2) is 8.86. The lowest BCUT2D eigenvalue weighted by Crippen LogP contribution is -2.19. The van der Waals surface area contributed by atoms with Crippen LogP contribution in [0.15, 0.2) is 19.0 Å². The summed E-state index contributed by atoms with van der Waals surface area (Å²) >= 11 is 0. The molecule has 0 aromatic carbocycles. The molecular weight excluding hydrogens is 224 g/mol. The smallest absolute Gasteiger partial charge is 0.164 e. The Balaban J connectivity index is 2.15. The van der Waals surface area contributed by atoms with Gasteiger partial charge in [-0.3, -0.25) is 4.68 Å². The van der Waals surface area contributed by atoms with Gasteiger partial charge >= 0.3 is 0 Å². The summed E-state index contributed by atoms with van der Waals surface area (Å²) < 4.78 is 1.94. The molecule has 0 amide bonds. The highest BCUT2D eigenvalue weighted by Crippen LogP contribution is 2.02. The molecule has 1 rings (SSSR count). The van der Waals surface area contributed by atoms with Crippen molar-refractivity contribution < 1.29 is 0 Å². The third kappa shape index (κ3) is 6.55. The largest absolute Gasteiger partial charge is 0.310 e. The maximum atomic E-state index is 4.45. The van der Waals surface area contributed by atoms with Crippen LogP contribution in [0.4, 0.5) is 0 Å². The van der Waals surface area contributed by atoms with Gasteiger partial charge in [-0.1, -0.05) is 26.3 Å². The first kappa shape index (κ1) is 14.9. The first-order valence-electron chi connectivity index (χ1n) is 6.92. The van der Waals surface area contributed by atoms with E-state index in [0.29, 0.717) is 5.92 Å². The fourth-order valence-electron chi connectivity index (χ4n) is 1.73. The number of hydrogen-bond donors (Lipinski definition) is 1. The lowest BCUT2D eigenvalue weighted by Gasteiger charge is -2.04. The van der Waals surface area contributed by atoms with Gasteiger partial charge in [-0.25, -0.2) is 4.98 Å². The van der Waals surface area contributed by atoms with Gasteiger partial charge in [0.15, 0.2) is 5.82 Å². The van der Waals surface area contributed by atoms with Gasteiger partial charge in [-0.05, 0) is 31.7 Å². The van der Waals surface area contributed by atoms with Crippen molar-refractivity contribution in [1.29, 1.82) is 0 Å². The lowest BCUT2D eigenvalue weighted by atomic mass is 10.2. The Bertz CT molecular complexity index is 330. The minimum atomic E-state index is 0.664. The number of hydrogen-bond acceptors (Lipinski definition) is 3. The van der Waals surface area contributed by atoms with Crippen molar-refractivity contribution in [2.24, 2.45) is 5.92 Å². The summed E-state index contributed by atoms with van der Waals surface area (Å²) in [5.41, 5.74) is 0. The van der Waals surface area contributed by atoms with Crippen molar-refractivity contribution in [3.05, 3.63) is 24.8 Å². The monoisotopic (exact) mass is 250 g/mol. The van der Waals surface area contributed by atoms with E-state index in [1.54, 1.807) is 0 Å². The summed E-state index contributed by atoms with van der Waals surface area (Å²) in [5.74, 6) is 1.55. The topological polar surface area (TPSA) is 42.7 Å². The van der Waals surface area contributed by atoms with Gasteiger partial charge in [0.1, 0.15) is 6.33 Å². The third-order valence-corrected chi connectivity index (χ3v) is 2.72. The SMILES string of the molecule is C=CCCCCCn1cnc(CNCC(C)C)n1. The van der Waals surface area contributed by atoms with Crippen molar-refractivity contribution >= 4 is 0 Å². The highest BCUT2D eigenvalue weighted by Gasteiger charge is 2.01. The van der Waals surface area contributed by atoms with Crippen LogP contribution in [-0.4, -0.2) is 21.3 Å². The number of unbranched alkanes of at least 4 members (excludes halogenated alkanes) is 3. The van der Waals surface area contributed by atoms with Crippen LogP contribution in [0.3, 0.4) is 0 Å². The Kier molecular flexibility index (Phi) is 7.34. The number of allylic oxidation sites excluding steroid dienone is 1. The van der Waals surface area contributed by atoms with E-state index in [0.717, 1.165) is 38.3 Å². The van der Waals surface area contributed by atoms with E-state index in [-0.39, 0.29) is 0 Å². The minimum Gasteiger partial charge on any atom is -0.310 e. The molecule has 0 bridgehead atoms. The average Bonchev–Trinajstić information content (AvgIpc) is 2.76. The maximum Gasteiger partial charge on any atom is 0.164 e. The normalized spacial score (nSPS) is 11.1. The molecule has 0 atom stereocenters. The maximum absolute atomic E-state index is 4.45. The fraction of sp³-hybridized carbons (Fsp3) is 0.714. The highest BCUT2D eigenvalue weighted by atomic mass is 15.3. The molecule has 0 saturated carbocycles. The Morgan fingerprint density at radius 1 is 1.39 bits per heavy atom. The first-order chi connectivity index (χ1) is 8.72. The number of aromatic nitrogens is 3. The molecule has 1 aromatic rings. The molecule has 0 aliphatic rings. The summed E-state index contributed by atoms with van der Waals surface area (Å²) in [4.78, 5) is 4.30. The molecule has 102 valence electrons.